The van der Waals surface area contributed by atoms with Gasteiger partial charge in [0.15, 0.2) is 0 Å². The summed E-state index contributed by atoms with van der Waals surface area (Å²) >= 11 is 0. The summed E-state index contributed by atoms with van der Waals surface area (Å²) < 4.78 is 0. The van der Waals surface area contributed by atoms with Gasteiger partial charge >= 0.3 is 6.03 Å². The van der Waals surface area contributed by atoms with Gasteiger partial charge in [-0.25, -0.2) is 4.79 Å². The van der Waals surface area contributed by atoms with E-state index in [4.69, 9.17) is 5.73 Å². The predicted octanol–water partition coefficient (Wildman–Crippen LogP) is 3.55. The van der Waals surface area contributed by atoms with Crippen LogP contribution in [-0.4, -0.2) is 11.9 Å². The van der Waals surface area contributed by atoms with Crippen LogP contribution in [0.5, 0.6) is 0 Å². The minimum Gasteiger partial charge on any atom is -0.352 e. The second-order valence-corrected chi connectivity index (χ2v) is 6.00. The van der Waals surface area contributed by atoms with E-state index in [2.05, 4.69) is 24.5 Å². The van der Waals surface area contributed by atoms with Crippen molar-refractivity contribution in [2.75, 3.05) is 5.32 Å². The molecule has 0 spiro atoms. The fourth-order valence-electron chi connectivity index (χ4n) is 2.46. The van der Waals surface area contributed by atoms with Crippen LogP contribution in [-0.2, 0) is 4.79 Å². The van der Waals surface area contributed by atoms with Gasteiger partial charge in [-0.15, -0.1) is 0 Å². The van der Waals surface area contributed by atoms with Crippen LogP contribution in [0.1, 0.15) is 43.4 Å². The second kappa shape index (κ2) is 8.15. The monoisotopic (exact) mass is 325 g/mol. The number of hydrogen-bond donors (Lipinski definition) is 3. The number of nitrogens with one attached hydrogen (secondary N) is 2. The van der Waals surface area contributed by atoms with Crippen molar-refractivity contribution in [1.82, 2.24) is 5.32 Å². The summed E-state index contributed by atoms with van der Waals surface area (Å²) in [6.07, 6.45) is 0.110. The Morgan fingerprint density at radius 1 is 0.958 bits per heavy atom. The lowest BCUT2D eigenvalue weighted by Crippen LogP contribution is -2.35. The standard InChI is InChI=1S/C19H23N3O2/c1-13(2)14-8-10-16(11-9-14)21-18(23)12-17(22-19(20)24)15-6-4-3-5-7-15/h3-11,13,17H,12H2,1-2H3,(H,21,23)(H3,20,22,24). The molecule has 0 fully saturated rings. The van der Waals surface area contributed by atoms with E-state index in [0.717, 1.165) is 11.3 Å². The molecule has 24 heavy (non-hydrogen) atoms. The van der Waals surface area contributed by atoms with Crippen molar-refractivity contribution in [3.63, 3.8) is 0 Å². The highest BCUT2D eigenvalue weighted by molar-refractivity contribution is 5.91. The number of urea groups is 1. The summed E-state index contributed by atoms with van der Waals surface area (Å²) in [6, 6.07) is 15.9. The molecule has 0 saturated carbocycles. The molecule has 1 atom stereocenters. The van der Waals surface area contributed by atoms with Gasteiger partial charge in [0.05, 0.1) is 12.5 Å². The maximum atomic E-state index is 12.3. The number of carbonyl (C=O) groups is 2. The fraction of sp³-hybridized carbons (Fsp3) is 0.263. The molecule has 0 aliphatic rings. The lowest BCUT2D eigenvalue weighted by Gasteiger charge is -2.18. The first kappa shape index (κ1) is 17.5. The van der Waals surface area contributed by atoms with Gasteiger partial charge < -0.3 is 16.4 Å². The van der Waals surface area contributed by atoms with Crippen LogP contribution >= 0.6 is 0 Å². The van der Waals surface area contributed by atoms with Gasteiger partial charge in [-0.3, -0.25) is 4.79 Å². The first-order valence-electron chi connectivity index (χ1n) is 7.96. The SMILES string of the molecule is CC(C)c1ccc(NC(=O)CC(NC(N)=O)c2ccccc2)cc1. The molecule has 0 aromatic heterocycles. The van der Waals surface area contributed by atoms with Crippen molar-refractivity contribution in [3.8, 4) is 0 Å². The third-order valence-electron chi connectivity index (χ3n) is 3.77. The molecular weight excluding hydrogens is 302 g/mol. The van der Waals surface area contributed by atoms with Crippen molar-refractivity contribution < 1.29 is 9.59 Å². The summed E-state index contributed by atoms with van der Waals surface area (Å²) in [4.78, 5) is 23.5. The van der Waals surface area contributed by atoms with E-state index in [1.807, 2.05) is 54.6 Å². The van der Waals surface area contributed by atoms with Crippen molar-refractivity contribution in [2.24, 2.45) is 5.73 Å². The summed E-state index contributed by atoms with van der Waals surface area (Å²) in [5.74, 6) is 0.256. The van der Waals surface area contributed by atoms with E-state index in [1.54, 1.807) is 0 Å². The maximum Gasteiger partial charge on any atom is 0.312 e. The van der Waals surface area contributed by atoms with Gasteiger partial charge in [0.1, 0.15) is 0 Å². The van der Waals surface area contributed by atoms with Crippen LogP contribution < -0.4 is 16.4 Å². The van der Waals surface area contributed by atoms with E-state index < -0.39 is 12.1 Å². The number of anilines is 1. The Kier molecular flexibility index (Phi) is 5.95. The van der Waals surface area contributed by atoms with Gasteiger partial charge in [-0.05, 0) is 29.2 Å². The molecule has 2 rings (SSSR count). The second-order valence-electron chi connectivity index (χ2n) is 6.00. The Labute approximate surface area is 142 Å². The molecule has 3 amide bonds. The molecule has 4 N–H and O–H groups in total. The summed E-state index contributed by atoms with van der Waals surface area (Å²) in [6.45, 7) is 4.24. The smallest absolute Gasteiger partial charge is 0.312 e. The summed E-state index contributed by atoms with van der Waals surface area (Å²) in [7, 11) is 0. The summed E-state index contributed by atoms with van der Waals surface area (Å²) in [5, 5.41) is 5.47. The molecule has 0 saturated heterocycles. The van der Waals surface area contributed by atoms with Gasteiger partial charge in [0.2, 0.25) is 5.91 Å². The molecule has 5 nitrogen and oxygen atoms in total. The van der Waals surface area contributed by atoms with E-state index in [-0.39, 0.29) is 12.3 Å². The first-order valence-corrected chi connectivity index (χ1v) is 7.96. The molecule has 5 heteroatoms. The Morgan fingerprint density at radius 2 is 1.58 bits per heavy atom. The highest BCUT2D eigenvalue weighted by Gasteiger charge is 2.17. The van der Waals surface area contributed by atoms with Gasteiger partial charge in [0, 0.05) is 5.69 Å². The van der Waals surface area contributed by atoms with Crippen molar-refractivity contribution in [1.29, 1.82) is 0 Å². The molecule has 1 unspecified atom stereocenters. The Balaban J connectivity index is 2.03. The molecule has 126 valence electrons. The maximum absolute atomic E-state index is 12.3. The number of carbonyl (C=O) groups excluding carboxylic acids is 2. The molecule has 0 aliphatic heterocycles. The largest absolute Gasteiger partial charge is 0.352 e. The van der Waals surface area contributed by atoms with E-state index in [9.17, 15) is 9.59 Å². The van der Waals surface area contributed by atoms with Crippen LogP contribution in [0.4, 0.5) is 10.5 Å². The van der Waals surface area contributed by atoms with Crippen molar-refractivity contribution in [3.05, 3.63) is 65.7 Å². The molecule has 2 aromatic rings. The first-order chi connectivity index (χ1) is 11.5. The van der Waals surface area contributed by atoms with Crippen LogP contribution in [0.2, 0.25) is 0 Å². The Morgan fingerprint density at radius 3 is 2.12 bits per heavy atom. The van der Waals surface area contributed by atoms with Gasteiger partial charge in [-0.2, -0.15) is 0 Å². The zero-order chi connectivity index (χ0) is 17.5. The molecule has 0 aliphatic carbocycles. The minimum absolute atomic E-state index is 0.110. The van der Waals surface area contributed by atoms with Crippen LogP contribution in [0.15, 0.2) is 54.6 Å². The van der Waals surface area contributed by atoms with E-state index in [1.165, 1.54) is 5.56 Å². The molecule has 0 bridgehead atoms. The number of nitrogens with two attached hydrogens (primary N) is 1. The Hall–Kier alpha value is -2.82. The summed E-state index contributed by atoms with van der Waals surface area (Å²) in [5.41, 5.74) is 8.00. The lowest BCUT2D eigenvalue weighted by molar-refractivity contribution is -0.116. The van der Waals surface area contributed by atoms with Gasteiger partial charge in [-0.1, -0.05) is 56.3 Å². The van der Waals surface area contributed by atoms with Crippen LogP contribution in [0, 0.1) is 0 Å². The third kappa shape index (κ3) is 5.12. The minimum atomic E-state index is -0.655. The number of hydrogen-bond acceptors (Lipinski definition) is 2. The van der Waals surface area contributed by atoms with Crippen molar-refractivity contribution >= 4 is 17.6 Å². The highest BCUT2D eigenvalue weighted by Crippen LogP contribution is 2.20. The highest BCUT2D eigenvalue weighted by atomic mass is 16.2. The lowest BCUT2D eigenvalue weighted by atomic mass is 10.0. The topological polar surface area (TPSA) is 84.2 Å². The molecule has 2 aromatic carbocycles. The average Bonchev–Trinajstić information content (AvgIpc) is 2.55. The normalized spacial score (nSPS) is 11.8. The average molecular weight is 325 g/mol. The number of rotatable bonds is 6. The van der Waals surface area contributed by atoms with E-state index >= 15 is 0 Å². The van der Waals surface area contributed by atoms with Crippen molar-refractivity contribution in [2.45, 2.75) is 32.2 Å². The third-order valence-corrected chi connectivity index (χ3v) is 3.77. The van der Waals surface area contributed by atoms with Crippen LogP contribution in [0.25, 0.3) is 0 Å². The van der Waals surface area contributed by atoms with Gasteiger partial charge in [0.25, 0.3) is 0 Å². The quantitative estimate of drug-likeness (QED) is 0.759. The fourth-order valence-corrected chi connectivity index (χ4v) is 2.46. The number of benzene rings is 2. The molecule has 0 radical (unpaired) electrons. The van der Waals surface area contributed by atoms with Crippen LogP contribution in [0.3, 0.4) is 0 Å². The number of amides is 3. The number of primary amides is 1. The molecule has 0 heterocycles. The zero-order valence-electron chi connectivity index (χ0n) is 14.0. The predicted molar refractivity (Wildman–Crippen MR) is 95.7 cm³/mol. The Bertz CT molecular complexity index is 682. The molecular formula is C19H23N3O2. The van der Waals surface area contributed by atoms with E-state index in [0.29, 0.717) is 5.92 Å². The zero-order valence-corrected chi connectivity index (χ0v) is 14.0.